The Bertz CT molecular complexity index is 689. The number of thiocarbonyl (C=S) groups is 2. The maximum Gasteiger partial charge on any atom is 0.189 e. The molecule has 0 unspecified atom stereocenters. The first kappa shape index (κ1) is 17.1. The molecule has 0 fully saturated rings. The standard InChI is InChI=1S/C16H17FN4S2/c1-2-11-5-3-4-6-14(11)19-16(23)21-20-15(22)18-13-9-7-12(17)8-10-13/h3-10H,2H2,1H3,(H2,18,20,22)(H2,19,21,23). The van der Waals surface area contributed by atoms with Gasteiger partial charge >= 0.3 is 0 Å². The number of rotatable bonds is 3. The van der Waals surface area contributed by atoms with Gasteiger partial charge in [0, 0.05) is 11.4 Å². The van der Waals surface area contributed by atoms with E-state index in [2.05, 4.69) is 28.4 Å². The molecule has 0 spiro atoms. The van der Waals surface area contributed by atoms with Gasteiger partial charge in [0.1, 0.15) is 5.82 Å². The summed E-state index contributed by atoms with van der Waals surface area (Å²) in [6.07, 6.45) is 0.906. The second-order valence-electron chi connectivity index (χ2n) is 4.68. The number of hydrogen-bond acceptors (Lipinski definition) is 2. The molecule has 0 aliphatic heterocycles. The lowest BCUT2D eigenvalue weighted by atomic mass is 10.1. The van der Waals surface area contributed by atoms with Gasteiger partial charge in [-0.2, -0.15) is 0 Å². The summed E-state index contributed by atoms with van der Waals surface area (Å²) in [5.41, 5.74) is 8.38. The zero-order valence-corrected chi connectivity index (χ0v) is 14.2. The average Bonchev–Trinajstić information content (AvgIpc) is 2.55. The van der Waals surface area contributed by atoms with Gasteiger partial charge in [-0.25, -0.2) is 4.39 Å². The molecule has 7 heteroatoms. The second-order valence-corrected chi connectivity index (χ2v) is 5.49. The molecule has 0 heterocycles. The molecule has 0 saturated carbocycles. The van der Waals surface area contributed by atoms with Gasteiger partial charge in [-0.15, -0.1) is 0 Å². The molecule has 0 aliphatic rings. The largest absolute Gasteiger partial charge is 0.331 e. The number of hydrazine groups is 1. The summed E-state index contributed by atoms with van der Waals surface area (Å²) in [4.78, 5) is 0. The molecule has 0 saturated heterocycles. The van der Waals surface area contributed by atoms with Gasteiger partial charge in [0.2, 0.25) is 0 Å². The zero-order valence-electron chi connectivity index (χ0n) is 12.5. The van der Waals surface area contributed by atoms with Crippen LogP contribution in [0.2, 0.25) is 0 Å². The molecule has 0 radical (unpaired) electrons. The fourth-order valence-corrected chi connectivity index (χ4v) is 2.24. The van der Waals surface area contributed by atoms with Crippen LogP contribution in [0.5, 0.6) is 0 Å². The second kappa shape index (κ2) is 8.40. The zero-order chi connectivity index (χ0) is 16.7. The Labute approximate surface area is 145 Å². The van der Waals surface area contributed by atoms with Crippen molar-refractivity contribution in [2.45, 2.75) is 13.3 Å². The summed E-state index contributed by atoms with van der Waals surface area (Å²) in [7, 11) is 0. The van der Waals surface area contributed by atoms with Crippen molar-refractivity contribution in [3.8, 4) is 0 Å². The quantitative estimate of drug-likeness (QED) is 0.502. The molecular formula is C16H17FN4S2. The third-order valence-electron chi connectivity index (χ3n) is 3.04. The van der Waals surface area contributed by atoms with E-state index in [1.165, 1.54) is 17.7 Å². The first-order chi connectivity index (χ1) is 11.1. The maximum absolute atomic E-state index is 12.8. The molecular weight excluding hydrogens is 331 g/mol. The van der Waals surface area contributed by atoms with Crippen LogP contribution in [0, 0.1) is 5.82 Å². The highest BCUT2D eigenvalue weighted by Gasteiger charge is 2.03. The summed E-state index contributed by atoms with van der Waals surface area (Å²) in [6, 6.07) is 13.8. The van der Waals surface area contributed by atoms with Crippen molar-refractivity contribution in [1.29, 1.82) is 0 Å². The smallest absolute Gasteiger partial charge is 0.189 e. The monoisotopic (exact) mass is 348 g/mol. The maximum atomic E-state index is 12.8. The van der Waals surface area contributed by atoms with Crippen LogP contribution in [-0.2, 0) is 6.42 Å². The molecule has 0 aromatic heterocycles. The van der Waals surface area contributed by atoms with Gasteiger partial charge in [-0.05, 0) is 66.8 Å². The van der Waals surface area contributed by atoms with Crippen molar-refractivity contribution < 1.29 is 4.39 Å². The van der Waals surface area contributed by atoms with Crippen molar-refractivity contribution in [3.05, 3.63) is 59.9 Å². The van der Waals surface area contributed by atoms with Crippen LogP contribution >= 0.6 is 24.4 Å². The minimum atomic E-state index is -0.299. The van der Waals surface area contributed by atoms with E-state index in [1.807, 2.05) is 24.3 Å². The normalized spacial score (nSPS) is 9.83. The highest BCUT2D eigenvalue weighted by molar-refractivity contribution is 7.81. The van der Waals surface area contributed by atoms with Crippen LogP contribution in [0.3, 0.4) is 0 Å². The number of anilines is 2. The van der Waals surface area contributed by atoms with Crippen molar-refractivity contribution in [2.24, 2.45) is 0 Å². The van der Waals surface area contributed by atoms with Crippen LogP contribution in [0.4, 0.5) is 15.8 Å². The molecule has 4 N–H and O–H groups in total. The molecule has 23 heavy (non-hydrogen) atoms. The van der Waals surface area contributed by atoms with Gasteiger partial charge in [-0.3, -0.25) is 10.9 Å². The third-order valence-corrected chi connectivity index (χ3v) is 3.45. The van der Waals surface area contributed by atoms with Gasteiger partial charge < -0.3 is 10.6 Å². The first-order valence-corrected chi connectivity index (χ1v) is 7.87. The fourth-order valence-electron chi connectivity index (χ4n) is 1.91. The fraction of sp³-hybridized carbons (Fsp3) is 0.125. The predicted molar refractivity (Wildman–Crippen MR) is 101 cm³/mol. The van der Waals surface area contributed by atoms with Crippen molar-refractivity contribution >= 4 is 46.0 Å². The Morgan fingerprint density at radius 2 is 1.52 bits per heavy atom. The Morgan fingerprint density at radius 1 is 0.913 bits per heavy atom. The summed E-state index contributed by atoms with van der Waals surface area (Å²) in [6.45, 7) is 2.08. The van der Waals surface area contributed by atoms with Crippen LogP contribution in [-0.4, -0.2) is 10.2 Å². The van der Waals surface area contributed by atoms with Crippen LogP contribution in [0.15, 0.2) is 48.5 Å². The molecule has 120 valence electrons. The summed E-state index contributed by atoms with van der Waals surface area (Å²) < 4.78 is 12.8. The van der Waals surface area contributed by atoms with E-state index in [4.69, 9.17) is 24.4 Å². The highest BCUT2D eigenvalue weighted by Crippen LogP contribution is 2.15. The number of aryl methyl sites for hydroxylation is 1. The number of halogens is 1. The van der Waals surface area contributed by atoms with Gasteiger partial charge in [-0.1, -0.05) is 25.1 Å². The summed E-state index contributed by atoms with van der Waals surface area (Å²) in [5.74, 6) is -0.299. The Kier molecular flexibility index (Phi) is 6.25. The lowest BCUT2D eigenvalue weighted by molar-refractivity contribution is 0.628. The number of benzene rings is 2. The van der Waals surface area contributed by atoms with E-state index in [1.54, 1.807) is 12.1 Å². The number of nitrogens with one attached hydrogen (secondary N) is 4. The van der Waals surface area contributed by atoms with E-state index in [9.17, 15) is 4.39 Å². The molecule has 0 aliphatic carbocycles. The third kappa shape index (κ3) is 5.46. The minimum Gasteiger partial charge on any atom is -0.331 e. The highest BCUT2D eigenvalue weighted by atomic mass is 32.1. The minimum absolute atomic E-state index is 0.299. The first-order valence-electron chi connectivity index (χ1n) is 7.06. The summed E-state index contributed by atoms with van der Waals surface area (Å²) >= 11 is 10.4. The van der Waals surface area contributed by atoms with E-state index >= 15 is 0 Å². The molecule has 0 bridgehead atoms. The Balaban J connectivity index is 1.82. The van der Waals surface area contributed by atoms with Crippen LogP contribution in [0.1, 0.15) is 12.5 Å². The van der Waals surface area contributed by atoms with Crippen LogP contribution in [0.25, 0.3) is 0 Å². The summed E-state index contributed by atoms with van der Waals surface area (Å²) in [5, 5.41) is 6.74. The van der Waals surface area contributed by atoms with Crippen molar-refractivity contribution in [1.82, 2.24) is 10.9 Å². The van der Waals surface area contributed by atoms with Crippen LogP contribution < -0.4 is 21.5 Å². The van der Waals surface area contributed by atoms with Crippen molar-refractivity contribution in [3.63, 3.8) is 0 Å². The van der Waals surface area contributed by atoms with Gasteiger partial charge in [0.05, 0.1) is 0 Å². The number of hydrogen-bond donors (Lipinski definition) is 4. The SMILES string of the molecule is CCc1ccccc1NC(=S)NNC(=S)Nc1ccc(F)cc1. The lowest BCUT2D eigenvalue weighted by Gasteiger charge is -2.15. The lowest BCUT2D eigenvalue weighted by Crippen LogP contribution is -2.45. The molecule has 2 rings (SSSR count). The van der Waals surface area contributed by atoms with E-state index in [0.717, 1.165) is 12.1 Å². The molecule has 0 amide bonds. The molecule has 2 aromatic carbocycles. The topological polar surface area (TPSA) is 48.1 Å². The Hall–Kier alpha value is -2.25. The average molecular weight is 348 g/mol. The number of para-hydroxylation sites is 1. The molecule has 0 atom stereocenters. The molecule has 4 nitrogen and oxygen atoms in total. The predicted octanol–water partition coefficient (Wildman–Crippen LogP) is 3.58. The Morgan fingerprint density at radius 3 is 2.17 bits per heavy atom. The van der Waals surface area contributed by atoms with Gasteiger partial charge in [0.15, 0.2) is 10.2 Å². The van der Waals surface area contributed by atoms with E-state index in [-0.39, 0.29) is 5.82 Å². The van der Waals surface area contributed by atoms with Crippen molar-refractivity contribution in [2.75, 3.05) is 10.6 Å². The molecule has 2 aromatic rings. The van der Waals surface area contributed by atoms with Gasteiger partial charge in [0.25, 0.3) is 0 Å². The van der Waals surface area contributed by atoms with E-state index in [0.29, 0.717) is 15.9 Å². The van der Waals surface area contributed by atoms with E-state index < -0.39 is 0 Å².